The van der Waals surface area contributed by atoms with Crippen molar-refractivity contribution in [1.29, 1.82) is 0 Å². The van der Waals surface area contributed by atoms with E-state index >= 15 is 0 Å². The summed E-state index contributed by atoms with van der Waals surface area (Å²) >= 11 is 0. The molecule has 1 heterocycles. The molecule has 0 amide bonds. The maximum Gasteiger partial charge on any atom is 0.444 e. The van der Waals surface area contributed by atoms with Gasteiger partial charge in [0.15, 0.2) is 0 Å². The lowest BCUT2D eigenvalue weighted by molar-refractivity contribution is -0.192. The van der Waals surface area contributed by atoms with Crippen molar-refractivity contribution >= 4 is 17.6 Å². The Bertz CT molecular complexity index is 434. The molecule has 0 spiro atoms. The van der Waals surface area contributed by atoms with Crippen molar-refractivity contribution in [1.82, 2.24) is 5.59 Å². The highest BCUT2D eigenvalue weighted by Gasteiger charge is 2.30. The Morgan fingerprint density at radius 2 is 2.00 bits per heavy atom. The van der Waals surface area contributed by atoms with Crippen LogP contribution in [0.2, 0.25) is 0 Å². The Labute approximate surface area is 90.4 Å². The molecule has 1 aromatic rings. The van der Waals surface area contributed by atoms with Crippen molar-refractivity contribution in [2.24, 2.45) is 0 Å². The highest BCUT2D eigenvalue weighted by atomic mass is 16.9. The SMILES string of the molecule is COc1ccccc1N1NOC(=O)C(=O)O1. The first-order chi connectivity index (χ1) is 7.72. The molecular formula is C9H8N2O5. The molecule has 1 N–H and O–H groups in total. The van der Waals surface area contributed by atoms with Gasteiger partial charge in [-0.25, -0.2) is 9.59 Å². The Morgan fingerprint density at radius 3 is 2.69 bits per heavy atom. The Hall–Kier alpha value is -2.28. The molecule has 0 aliphatic carbocycles. The van der Waals surface area contributed by atoms with E-state index in [1.807, 2.05) is 0 Å². The number of nitrogens with zero attached hydrogens (tertiary/aromatic N) is 1. The largest absolute Gasteiger partial charge is 0.494 e. The molecule has 1 aromatic carbocycles. The predicted octanol–water partition coefficient (Wildman–Crippen LogP) is -0.0638. The van der Waals surface area contributed by atoms with Gasteiger partial charge in [0.05, 0.1) is 7.11 Å². The van der Waals surface area contributed by atoms with Gasteiger partial charge >= 0.3 is 11.9 Å². The van der Waals surface area contributed by atoms with E-state index in [9.17, 15) is 9.59 Å². The van der Waals surface area contributed by atoms with Gasteiger partial charge in [-0.2, -0.15) is 0 Å². The Kier molecular flexibility index (Phi) is 2.61. The molecule has 0 saturated carbocycles. The number of anilines is 1. The van der Waals surface area contributed by atoms with Gasteiger partial charge in [-0.05, 0) is 17.7 Å². The standard InChI is InChI=1S/C9H8N2O5/c1-14-7-5-3-2-4-6(7)11-10-15-8(12)9(13)16-11/h2-5,10H,1H3. The fourth-order valence-corrected chi connectivity index (χ4v) is 1.16. The highest BCUT2D eigenvalue weighted by Crippen LogP contribution is 2.27. The fourth-order valence-electron chi connectivity index (χ4n) is 1.16. The molecule has 0 aromatic heterocycles. The summed E-state index contributed by atoms with van der Waals surface area (Å²) in [7, 11) is 1.47. The number of nitrogens with one attached hydrogen (secondary N) is 1. The van der Waals surface area contributed by atoms with Crippen LogP contribution in [0.15, 0.2) is 24.3 Å². The van der Waals surface area contributed by atoms with Gasteiger partial charge in [-0.3, -0.25) is 0 Å². The number of para-hydroxylation sites is 2. The van der Waals surface area contributed by atoms with Crippen LogP contribution in [-0.2, 0) is 19.3 Å². The number of carbonyl (C=O) groups is 2. The number of carbonyl (C=O) groups excluding carboxylic acids is 2. The van der Waals surface area contributed by atoms with Crippen molar-refractivity contribution < 1.29 is 24.0 Å². The number of methoxy groups -OCH3 is 1. The summed E-state index contributed by atoms with van der Waals surface area (Å²) in [4.78, 5) is 30.7. The number of hydrogen-bond acceptors (Lipinski definition) is 7. The molecule has 1 saturated heterocycles. The highest BCUT2D eigenvalue weighted by molar-refractivity contribution is 6.30. The summed E-state index contributed by atoms with van der Waals surface area (Å²) < 4.78 is 5.05. The van der Waals surface area contributed by atoms with Gasteiger partial charge < -0.3 is 14.4 Å². The quantitative estimate of drug-likeness (QED) is 0.705. The average Bonchev–Trinajstić information content (AvgIpc) is 2.32. The van der Waals surface area contributed by atoms with E-state index in [0.717, 1.165) is 5.17 Å². The van der Waals surface area contributed by atoms with E-state index in [-0.39, 0.29) is 0 Å². The van der Waals surface area contributed by atoms with Gasteiger partial charge in [0.1, 0.15) is 11.4 Å². The minimum atomic E-state index is -1.11. The zero-order chi connectivity index (χ0) is 11.5. The van der Waals surface area contributed by atoms with Gasteiger partial charge in [0.2, 0.25) is 0 Å². The normalized spacial score (nSPS) is 15.4. The van der Waals surface area contributed by atoms with Gasteiger partial charge in [0, 0.05) is 0 Å². The second kappa shape index (κ2) is 4.07. The van der Waals surface area contributed by atoms with Crippen LogP contribution in [0.4, 0.5) is 5.69 Å². The maximum atomic E-state index is 11.0. The summed E-state index contributed by atoms with van der Waals surface area (Å²) in [6.07, 6.45) is 0. The molecule has 0 bridgehead atoms. The maximum absolute atomic E-state index is 11.0. The molecule has 1 aliphatic heterocycles. The third-order valence-corrected chi connectivity index (χ3v) is 1.87. The van der Waals surface area contributed by atoms with E-state index in [1.165, 1.54) is 7.11 Å². The molecule has 16 heavy (non-hydrogen) atoms. The van der Waals surface area contributed by atoms with E-state index in [1.54, 1.807) is 24.3 Å². The van der Waals surface area contributed by atoms with Crippen molar-refractivity contribution in [3.05, 3.63) is 24.3 Å². The summed E-state index contributed by atoms with van der Waals surface area (Å²) in [5.74, 6) is -1.75. The molecule has 2 rings (SSSR count). The zero-order valence-electron chi connectivity index (χ0n) is 8.30. The number of benzene rings is 1. The molecule has 0 atom stereocenters. The molecule has 0 unspecified atom stereocenters. The van der Waals surface area contributed by atoms with Crippen molar-refractivity contribution in [2.75, 3.05) is 12.3 Å². The first-order valence-corrected chi connectivity index (χ1v) is 4.34. The topological polar surface area (TPSA) is 77.1 Å². The number of ether oxygens (including phenoxy) is 1. The van der Waals surface area contributed by atoms with E-state index in [0.29, 0.717) is 11.4 Å². The predicted molar refractivity (Wildman–Crippen MR) is 50.8 cm³/mol. The second-order valence-corrected chi connectivity index (χ2v) is 2.83. The van der Waals surface area contributed by atoms with Crippen LogP contribution in [0.5, 0.6) is 5.75 Å². The summed E-state index contributed by atoms with van der Waals surface area (Å²) in [6.45, 7) is 0. The van der Waals surface area contributed by atoms with Crippen molar-refractivity contribution in [2.45, 2.75) is 0 Å². The molecule has 1 fully saturated rings. The number of hydrogen-bond donors (Lipinski definition) is 1. The van der Waals surface area contributed by atoms with Gasteiger partial charge in [0.25, 0.3) is 0 Å². The number of rotatable bonds is 2. The van der Waals surface area contributed by atoms with E-state index in [2.05, 4.69) is 15.3 Å². The lowest BCUT2D eigenvalue weighted by Crippen LogP contribution is -2.49. The summed E-state index contributed by atoms with van der Waals surface area (Å²) in [5.41, 5.74) is 2.56. The third kappa shape index (κ3) is 1.75. The minimum absolute atomic E-state index is 0.408. The molecule has 1 aliphatic rings. The Morgan fingerprint density at radius 1 is 1.25 bits per heavy atom. The van der Waals surface area contributed by atoms with Gasteiger partial charge in [-0.1, -0.05) is 17.3 Å². The third-order valence-electron chi connectivity index (χ3n) is 1.87. The van der Waals surface area contributed by atoms with Crippen LogP contribution in [-0.4, -0.2) is 19.0 Å². The fraction of sp³-hybridized carbons (Fsp3) is 0.111. The van der Waals surface area contributed by atoms with Crippen LogP contribution in [0.3, 0.4) is 0 Å². The zero-order valence-corrected chi connectivity index (χ0v) is 8.30. The summed E-state index contributed by atoms with van der Waals surface area (Å²) in [6, 6.07) is 6.75. The van der Waals surface area contributed by atoms with E-state index in [4.69, 9.17) is 4.74 Å². The first kappa shape index (κ1) is 10.2. The van der Waals surface area contributed by atoms with Crippen molar-refractivity contribution in [3.8, 4) is 5.75 Å². The molecule has 7 heteroatoms. The molecular weight excluding hydrogens is 216 g/mol. The smallest absolute Gasteiger partial charge is 0.444 e. The molecule has 84 valence electrons. The van der Waals surface area contributed by atoms with Crippen LogP contribution in [0, 0.1) is 0 Å². The van der Waals surface area contributed by atoms with E-state index < -0.39 is 11.9 Å². The van der Waals surface area contributed by atoms with Crippen LogP contribution in [0.1, 0.15) is 0 Å². The minimum Gasteiger partial charge on any atom is -0.494 e. The molecule has 7 nitrogen and oxygen atoms in total. The van der Waals surface area contributed by atoms with Crippen molar-refractivity contribution in [3.63, 3.8) is 0 Å². The van der Waals surface area contributed by atoms with Gasteiger partial charge in [-0.15, -0.1) is 0 Å². The monoisotopic (exact) mass is 224 g/mol. The molecule has 0 radical (unpaired) electrons. The summed E-state index contributed by atoms with van der Waals surface area (Å²) in [5, 5.41) is 0.905. The van der Waals surface area contributed by atoms with Crippen LogP contribution < -0.4 is 15.5 Å². The number of hydrazine groups is 1. The lowest BCUT2D eigenvalue weighted by atomic mass is 10.3. The van der Waals surface area contributed by atoms with Crippen LogP contribution in [0.25, 0.3) is 0 Å². The Balaban J connectivity index is 2.24. The average molecular weight is 224 g/mol. The van der Waals surface area contributed by atoms with Crippen LogP contribution >= 0.6 is 0 Å². The first-order valence-electron chi connectivity index (χ1n) is 4.34. The lowest BCUT2D eigenvalue weighted by Gasteiger charge is -2.26. The second-order valence-electron chi connectivity index (χ2n) is 2.83.